The predicted octanol–water partition coefficient (Wildman–Crippen LogP) is 3.98. The first-order valence-corrected chi connectivity index (χ1v) is 13.3. The smallest absolute Gasteiger partial charge is 0.405 e. The van der Waals surface area contributed by atoms with Crippen molar-refractivity contribution < 1.29 is 23.9 Å². The first-order chi connectivity index (χ1) is 18.1. The summed E-state index contributed by atoms with van der Waals surface area (Å²) < 4.78 is 13.3. The van der Waals surface area contributed by atoms with Gasteiger partial charge in [0.15, 0.2) is 0 Å². The van der Waals surface area contributed by atoms with Crippen molar-refractivity contribution in [3.05, 3.63) is 69.5 Å². The van der Waals surface area contributed by atoms with Crippen LogP contribution in [0.5, 0.6) is 0 Å². The highest BCUT2D eigenvalue weighted by Gasteiger charge is 2.38. The number of carboxylic acid groups (broad SMARTS) is 1. The molecule has 3 unspecified atom stereocenters. The minimum atomic E-state index is -1.31. The standard InChI is InChI=1S/C27H33Cl2FN4O4/c1-3-4-20-16-33(24(25(35)31-2)15-18-7-10-21(28)22(29)13-18)11-12-34(20)26(36)23(32-27(37)38)14-17-5-8-19(30)9-6-17/h5-10,13,20,23-24,32H,3-4,11-12,14-16H2,1-2H3,(H,31,35)(H,37,38). The molecule has 1 aliphatic heterocycles. The molecule has 38 heavy (non-hydrogen) atoms. The second kappa shape index (κ2) is 13.8. The highest BCUT2D eigenvalue weighted by Crippen LogP contribution is 2.25. The number of carbonyl (C=O) groups is 3. The van der Waals surface area contributed by atoms with E-state index in [1.54, 1.807) is 24.1 Å². The van der Waals surface area contributed by atoms with E-state index < -0.39 is 24.0 Å². The lowest BCUT2D eigenvalue weighted by Gasteiger charge is -2.45. The Hall–Kier alpha value is -2.88. The number of rotatable bonds is 10. The number of nitrogens with one attached hydrogen (secondary N) is 2. The molecule has 1 saturated heterocycles. The van der Waals surface area contributed by atoms with Gasteiger partial charge >= 0.3 is 6.09 Å². The Morgan fingerprint density at radius 1 is 1.05 bits per heavy atom. The molecule has 0 aromatic heterocycles. The van der Waals surface area contributed by atoms with Gasteiger partial charge in [-0.2, -0.15) is 0 Å². The van der Waals surface area contributed by atoms with Gasteiger partial charge in [-0.25, -0.2) is 9.18 Å². The van der Waals surface area contributed by atoms with E-state index in [0.717, 1.165) is 12.0 Å². The molecule has 1 fully saturated rings. The van der Waals surface area contributed by atoms with Crippen molar-refractivity contribution in [1.82, 2.24) is 20.4 Å². The van der Waals surface area contributed by atoms with Crippen LogP contribution in [0.4, 0.5) is 9.18 Å². The molecule has 2 aromatic carbocycles. The molecular formula is C27H33Cl2FN4O4. The SMILES string of the molecule is CCCC1CN(C(Cc2ccc(Cl)c(Cl)c2)C(=O)NC)CCN1C(=O)C(Cc1ccc(F)cc1)NC(=O)O. The summed E-state index contributed by atoms with van der Waals surface area (Å²) in [6, 6.07) is 9.21. The normalized spacial score (nSPS) is 17.5. The Morgan fingerprint density at radius 2 is 1.74 bits per heavy atom. The minimum absolute atomic E-state index is 0.0999. The summed E-state index contributed by atoms with van der Waals surface area (Å²) in [7, 11) is 1.59. The number of benzene rings is 2. The molecule has 0 radical (unpaired) electrons. The molecule has 3 rings (SSSR count). The molecule has 206 valence electrons. The summed E-state index contributed by atoms with van der Waals surface area (Å²) in [6.07, 6.45) is 0.692. The number of piperazine rings is 1. The lowest BCUT2D eigenvalue weighted by atomic mass is 9.98. The van der Waals surface area contributed by atoms with Gasteiger partial charge in [-0.15, -0.1) is 0 Å². The molecule has 11 heteroatoms. The van der Waals surface area contributed by atoms with Crippen LogP contribution < -0.4 is 10.6 Å². The third-order valence-electron chi connectivity index (χ3n) is 6.77. The van der Waals surface area contributed by atoms with Gasteiger partial charge in [0, 0.05) is 39.1 Å². The third kappa shape index (κ3) is 7.82. The fourth-order valence-electron chi connectivity index (χ4n) is 4.88. The Kier molecular flexibility index (Phi) is 10.8. The van der Waals surface area contributed by atoms with Crippen molar-refractivity contribution in [1.29, 1.82) is 0 Å². The summed E-state index contributed by atoms with van der Waals surface area (Å²) in [6.45, 7) is 3.23. The largest absolute Gasteiger partial charge is 0.465 e. The van der Waals surface area contributed by atoms with Gasteiger partial charge in [0.1, 0.15) is 11.9 Å². The molecule has 3 atom stereocenters. The van der Waals surface area contributed by atoms with Crippen LogP contribution in [0.25, 0.3) is 0 Å². The Bertz CT molecular complexity index is 1130. The van der Waals surface area contributed by atoms with Crippen LogP contribution in [0.3, 0.4) is 0 Å². The van der Waals surface area contributed by atoms with Crippen molar-refractivity contribution in [2.45, 2.75) is 50.7 Å². The molecule has 1 heterocycles. The van der Waals surface area contributed by atoms with Crippen LogP contribution in [-0.2, 0) is 22.4 Å². The molecule has 3 amide bonds. The zero-order chi connectivity index (χ0) is 27.8. The molecule has 0 aliphatic carbocycles. The Morgan fingerprint density at radius 3 is 2.34 bits per heavy atom. The first kappa shape index (κ1) is 29.7. The lowest BCUT2D eigenvalue weighted by molar-refractivity contribution is -0.140. The summed E-state index contributed by atoms with van der Waals surface area (Å²) in [5.74, 6) is -0.892. The maximum Gasteiger partial charge on any atom is 0.405 e. The second-order valence-corrected chi connectivity index (χ2v) is 10.2. The minimum Gasteiger partial charge on any atom is -0.465 e. The number of carbonyl (C=O) groups excluding carboxylic acids is 2. The number of nitrogens with zero attached hydrogens (tertiary/aromatic N) is 2. The highest BCUT2D eigenvalue weighted by atomic mass is 35.5. The monoisotopic (exact) mass is 566 g/mol. The zero-order valence-electron chi connectivity index (χ0n) is 21.4. The van der Waals surface area contributed by atoms with Gasteiger partial charge in [0.2, 0.25) is 11.8 Å². The Balaban J connectivity index is 1.80. The first-order valence-electron chi connectivity index (χ1n) is 12.6. The molecule has 3 N–H and O–H groups in total. The van der Waals surface area contributed by atoms with Crippen LogP contribution in [0.2, 0.25) is 10.0 Å². The quantitative estimate of drug-likeness (QED) is 0.403. The average molecular weight is 567 g/mol. The molecule has 0 spiro atoms. The van der Waals surface area contributed by atoms with Crippen LogP contribution in [-0.4, -0.2) is 77.6 Å². The highest BCUT2D eigenvalue weighted by molar-refractivity contribution is 6.42. The summed E-state index contributed by atoms with van der Waals surface area (Å²) in [5.41, 5.74) is 1.51. The van der Waals surface area contributed by atoms with Gasteiger partial charge in [-0.05, 0) is 48.2 Å². The maximum absolute atomic E-state index is 13.6. The summed E-state index contributed by atoms with van der Waals surface area (Å²) in [5, 5.41) is 15.3. The van der Waals surface area contributed by atoms with E-state index in [1.165, 1.54) is 24.3 Å². The van der Waals surface area contributed by atoms with Crippen LogP contribution >= 0.6 is 23.2 Å². The number of likely N-dealkylation sites (N-methyl/N-ethyl adjacent to an activating group) is 1. The van der Waals surface area contributed by atoms with E-state index >= 15 is 0 Å². The van der Waals surface area contributed by atoms with E-state index in [2.05, 4.69) is 15.5 Å². The van der Waals surface area contributed by atoms with Crippen molar-refractivity contribution in [3.8, 4) is 0 Å². The van der Waals surface area contributed by atoms with Crippen molar-refractivity contribution in [2.24, 2.45) is 0 Å². The second-order valence-electron chi connectivity index (χ2n) is 9.38. The maximum atomic E-state index is 13.6. The summed E-state index contributed by atoms with van der Waals surface area (Å²) in [4.78, 5) is 41.8. The predicted molar refractivity (Wildman–Crippen MR) is 145 cm³/mol. The topological polar surface area (TPSA) is 102 Å². The number of halogens is 3. The van der Waals surface area contributed by atoms with Gasteiger partial charge < -0.3 is 20.6 Å². The lowest BCUT2D eigenvalue weighted by Crippen LogP contribution is -2.63. The van der Waals surface area contributed by atoms with Crippen LogP contribution in [0.15, 0.2) is 42.5 Å². The zero-order valence-corrected chi connectivity index (χ0v) is 22.9. The average Bonchev–Trinajstić information content (AvgIpc) is 2.89. The van der Waals surface area contributed by atoms with Crippen LogP contribution in [0, 0.1) is 5.82 Å². The van der Waals surface area contributed by atoms with E-state index in [0.29, 0.717) is 48.1 Å². The molecule has 8 nitrogen and oxygen atoms in total. The third-order valence-corrected chi connectivity index (χ3v) is 7.51. The Labute approximate surface area is 232 Å². The van der Waals surface area contributed by atoms with Gasteiger partial charge in [0.05, 0.1) is 16.1 Å². The summed E-state index contributed by atoms with van der Waals surface area (Å²) >= 11 is 12.2. The molecule has 0 bridgehead atoms. The number of amides is 3. The molecule has 1 aliphatic rings. The van der Waals surface area contributed by atoms with E-state index in [9.17, 15) is 23.9 Å². The van der Waals surface area contributed by atoms with Gasteiger partial charge in [-0.3, -0.25) is 14.5 Å². The van der Waals surface area contributed by atoms with Gasteiger partial charge in [0.25, 0.3) is 0 Å². The number of hydrogen-bond acceptors (Lipinski definition) is 4. The fourth-order valence-corrected chi connectivity index (χ4v) is 5.20. The van der Waals surface area contributed by atoms with Crippen LogP contribution in [0.1, 0.15) is 30.9 Å². The number of hydrogen-bond donors (Lipinski definition) is 3. The van der Waals surface area contributed by atoms with E-state index in [4.69, 9.17) is 23.2 Å². The van der Waals surface area contributed by atoms with Crippen molar-refractivity contribution >= 4 is 41.1 Å². The molecular weight excluding hydrogens is 534 g/mol. The molecule has 2 aromatic rings. The molecule has 0 saturated carbocycles. The van der Waals surface area contributed by atoms with Gasteiger partial charge in [-0.1, -0.05) is 54.7 Å². The van der Waals surface area contributed by atoms with E-state index in [1.807, 2.05) is 13.0 Å². The van der Waals surface area contributed by atoms with Crippen molar-refractivity contribution in [3.63, 3.8) is 0 Å². The van der Waals surface area contributed by atoms with E-state index in [-0.39, 0.29) is 24.3 Å². The fraction of sp³-hybridized carbons (Fsp3) is 0.444. The van der Waals surface area contributed by atoms with Crippen molar-refractivity contribution in [2.75, 3.05) is 26.7 Å².